The van der Waals surface area contributed by atoms with Gasteiger partial charge in [-0.2, -0.15) is 0 Å². The van der Waals surface area contributed by atoms with Crippen molar-refractivity contribution in [1.82, 2.24) is 19.6 Å². The average molecular weight is 439 g/mol. The molecule has 1 unspecified atom stereocenters. The van der Waals surface area contributed by atoms with Crippen molar-refractivity contribution in [3.63, 3.8) is 0 Å². The van der Waals surface area contributed by atoms with E-state index in [1.807, 2.05) is 45.0 Å². The van der Waals surface area contributed by atoms with Gasteiger partial charge in [0.1, 0.15) is 0 Å². The van der Waals surface area contributed by atoms with E-state index in [1.165, 1.54) is 6.08 Å². The first kappa shape index (κ1) is 22.4. The third kappa shape index (κ3) is 4.00. The van der Waals surface area contributed by atoms with Gasteiger partial charge in [0.25, 0.3) is 0 Å². The fraction of sp³-hybridized carbons (Fsp3) is 0.560. The normalized spacial score (nSPS) is 22.8. The summed E-state index contributed by atoms with van der Waals surface area (Å²) in [5.74, 6) is 0.467. The molecule has 7 nitrogen and oxygen atoms in total. The van der Waals surface area contributed by atoms with Crippen LogP contribution < -0.4 is 0 Å². The molecule has 3 aliphatic heterocycles. The molecule has 3 fully saturated rings. The number of carbonyl (C=O) groups is 3. The Labute approximate surface area is 190 Å². The molecule has 0 aliphatic carbocycles. The summed E-state index contributed by atoms with van der Waals surface area (Å²) in [6.45, 7) is 12.0. The smallest absolute Gasteiger partial charge is 0.320 e. The van der Waals surface area contributed by atoms with Gasteiger partial charge in [0.05, 0.1) is 11.5 Å². The molecule has 32 heavy (non-hydrogen) atoms. The predicted octanol–water partition coefficient (Wildman–Crippen LogP) is 2.34. The number of likely N-dealkylation sites (tertiary alicyclic amines) is 1. The number of benzene rings is 1. The highest BCUT2D eigenvalue weighted by atomic mass is 16.2. The zero-order valence-corrected chi connectivity index (χ0v) is 19.2. The third-order valence-corrected chi connectivity index (χ3v) is 7.14. The Morgan fingerprint density at radius 3 is 2.38 bits per heavy atom. The number of rotatable bonds is 5. The van der Waals surface area contributed by atoms with Crippen LogP contribution in [0, 0.1) is 5.92 Å². The molecule has 0 spiro atoms. The Morgan fingerprint density at radius 1 is 1.06 bits per heavy atom. The SMILES string of the molecule is C=CC(=O)N1CCC(C(=O)N2CCN3C(=O)N(CC(C)C)CC3C2)(c2ccccc2)CC1. The van der Waals surface area contributed by atoms with Crippen molar-refractivity contribution in [2.24, 2.45) is 5.92 Å². The van der Waals surface area contributed by atoms with E-state index in [0.29, 0.717) is 58.0 Å². The molecule has 4 amide bonds. The van der Waals surface area contributed by atoms with Gasteiger partial charge in [-0.25, -0.2) is 4.79 Å². The summed E-state index contributed by atoms with van der Waals surface area (Å²) in [6, 6.07) is 10.1. The largest absolute Gasteiger partial charge is 0.339 e. The molecule has 1 aromatic rings. The Hall–Kier alpha value is -2.83. The molecule has 4 rings (SSSR count). The Morgan fingerprint density at radius 2 is 1.75 bits per heavy atom. The minimum atomic E-state index is -0.637. The molecule has 0 bridgehead atoms. The van der Waals surface area contributed by atoms with E-state index in [-0.39, 0.29) is 23.9 Å². The number of piperazine rings is 1. The van der Waals surface area contributed by atoms with Crippen molar-refractivity contribution in [3.8, 4) is 0 Å². The second kappa shape index (κ2) is 8.96. The lowest BCUT2D eigenvalue weighted by Crippen LogP contribution is -2.60. The van der Waals surface area contributed by atoms with Gasteiger partial charge in [-0.3, -0.25) is 9.59 Å². The zero-order valence-electron chi connectivity index (χ0n) is 19.2. The van der Waals surface area contributed by atoms with Gasteiger partial charge in [0.15, 0.2) is 0 Å². The molecule has 1 atom stereocenters. The topological polar surface area (TPSA) is 64.2 Å². The van der Waals surface area contributed by atoms with Gasteiger partial charge in [-0.1, -0.05) is 50.8 Å². The monoisotopic (exact) mass is 438 g/mol. The Bertz CT molecular complexity index is 876. The van der Waals surface area contributed by atoms with Crippen LogP contribution in [-0.2, 0) is 15.0 Å². The molecule has 0 saturated carbocycles. The van der Waals surface area contributed by atoms with Crippen LogP contribution >= 0.6 is 0 Å². The van der Waals surface area contributed by atoms with Crippen LogP contribution in [0.4, 0.5) is 4.79 Å². The minimum Gasteiger partial charge on any atom is -0.339 e. The highest BCUT2D eigenvalue weighted by Gasteiger charge is 2.48. The molecule has 0 aromatic heterocycles. The fourth-order valence-corrected chi connectivity index (χ4v) is 5.48. The van der Waals surface area contributed by atoms with Crippen molar-refractivity contribution < 1.29 is 14.4 Å². The molecular formula is C25H34N4O3. The van der Waals surface area contributed by atoms with E-state index in [4.69, 9.17) is 0 Å². The van der Waals surface area contributed by atoms with Crippen molar-refractivity contribution in [2.45, 2.75) is 38.1 Å². The summed E-state index contributed by atoms with van der Waals surface area (Å²) in [4.78, 5) is 46.5. The van der Waals surface area contributed by atoms with Crippen LogP contribution in [0.2, 0.25) is 0 Å². The van der Waals surface area contributed by atoms with Crippen LogP contribution in [0.5, 0.6) is 0 Å². The highest BCUT2D eigenvalue weighted by Crippen LogP contribution is 2.38. The van der Waals surface area contributed by atoms with Crippen molar-refractivity contribution >= 4 is 17.8 Å². The Kier molecular flexibility index (Phi) is 6.26. The lowest BCUT2D eigenvalue weighted by Gasteiger charge is -2.46. The van der Waals surface area contributed by atoms with Crippen LogP contribution in [0.1, 0.15) is 32.3 Å². The molecule has 0 N–H and O–H groups in total. The summed E-state index contributed by atoms with van der Waals surface area (Å²) in [5.41, 5.74) is 0.379. The van der Waals surface area contributed by atoms with Crippen molar-refractivity contribution in [3.05, 3.63) is 48.6 Å². The quantitative estimate of drug-likeness (QED) is 0.663. The van der Waals surface area contributed by atoms with E-state index in [9.17, 15) is 14.4 Å². The average Bonchev–Trinajstić information content (AvgIpc) is 3.12. The van der Waals surface area contributed by atoms with Crippen LogP contribution in [-0.4, -0.2) is 89.3 Å². The van der Waals surface area contributed by atoms with E-state index in [1.54, 1.807) is 4.90 Å². The van der Waals surface area contributed by atoms with Crippen LogP contribution in [0.25, 0.3) is 0 Å². The zero-order chi connectivity index (χ0) is 22.9. The maximum absolute atomic E-state index is 14.0. The number of piperidine rings is 1. The number of nitrogens with zero attached hydrogens (tertiary/aromatic N) is 4. The number of fused-ring (bicyclic) bond motifs is 1. The predicted molar refractivity (Wildman–Crippen MR) is 123 cm³/mol. The van der Waals surface area contributed by atoms with Gasteiger partial charge in [-0.05, 0) is 30.4 Å². The molecule has 1 aromatic carbocycles. The third-order valence-electron chi connectivity index (χ3n) is 7.14. The van der Waals surface area contributed by atoms with Crippen molar-refractivity contribution in [2.75, 3.05) is 45.8 Å². The number of amides is 4. The van der Waals surface area contributed by atoms with E-state index in [2.05, 4.69) is 20.4 Å². The Balaban J connectivity index is 1.53. The van der Waals surface area contributed by atoms with Crippen LogP contribution in [0.3, 0.4) is 0 Å². The van der Waals surface area contributed by atoms with Gasteiger partial charge in [0.2, 0.25) is 11.8 Å². The van der Waals surface area contributed by atoms with Gasteiger partial charge in [0, 0.05) is 45.8 Å². The summed E-state index contributed by atoms with van der Waals surface area (Å²) < 4.78 is 0. The molecule has 7 heteroatoms. The molecule has 0 radical (unpaired) electrons. The summed E-state index contributed by atoms with van der Waals surface area (Å²) in [6.07, 6.45) is 2.54. The van der Waals surface area contributed by atoms with E-state index >= 15 is 0 Å². The molecule has 3 heterocycles. The van der Waals surface area contributed by atoms with E-state index in [0.717, 1.165) is 12.1 Å². The molecule has 3 saturated heterocycles. The first-order chi connectivity index (χ1) is 15.4. The van der Waals surface area contributed by atoms with Crippen LogP contribution in [0.15, 0.2) is 43.0 Å². The molecule has 172 valence electrons. The first-order valence-corrected chi connectivity index (χ1v) is 11.7. The lowest BCUT2D eigenvalue weighted by atomic mass is 9.71. The summed E-state index contributed by atoms with van der Waals surface area (Å²) in [5, 5.41) is 0. The number of urea groups is 1. The summed E-state index contributed by atoms with van der Waals surface area (Å²) in [7, 11) is 0. The molecular weight excluding hydrogens is 404 g/mol. The molecule has 3 aliphatic rings. The van der Waals surface area contributed by atoms with E-state index < -0.39 is 5.41 Å². The number of hydrogen-bond donors (Lipinski definition) is 0. The second-order valence-electron chi connectivity index (χ2n) is 9.66. The van der Waals surface area contributed by atoms with Gasteiger partial charge < -0.3 is 19.6 Å². The maximum Gasteiger partial charge on any atom is 0.320 e. The van der Waals surface area contributed by atoms with Gasteiger partial charge in [-0.15, -0.1) is 0 Å². The maximum atomic E-state index is 14.0. The number of hydrogen-bond acceptors (Lipinski definition) is 3. The fourth-order valence-electron chi connectivity index (χ4n) is 5.48. The van der Waals surface area contributed by atoms with Gasteiger partial charge >= 0.3 is 6.03 Å². The minimum absolute atomic E-state index is 0.0502. The highest BCUT2D eigenvalue weighted by molar-refractivity contribution is 5.90. The standard InChI is InChI=1S/C25H34N4O3/c1-4-22(30)26-12-10-25(11-13-26,20-8-6-5-7-9-20)23(31)27-14-15-29-21(17-27)18-28(24(29)32)16-19(2)3/h4-9,19,21H,1,10-18H2,2-3H3. The van der Waals surface area contributed by atoms with Crippen molar-refractivity contribution in [1.29, 1.82) is 0 Å². The lowest BCUT2D eigenvalue weighted by molar-refractivity contribution is -0.143. The second-order valence-corrected chi connectivity index (χ2v) is 9.66. The summed E-state index contributed by atoms with van der Waals surface area (Å²) >= 11 is 0. The first-order valence-electron chi connectivity index (χ1n) is 11.7. The number of carbonyl (C=O) groups excluding carboxylic acids is 3.